The summed E-state index contributed by atoms with van der Waals surface area (Å²) in [5.74, 6) is -0.211. The van der Waals surface area contributed by atoms with Gasteiger partial charge in [0, 0.05) is 48.0 Å². The minimum absolute atomic E-state index is 0.0162. The molecule has 1 N–H and O–H groups in total. The van der Waals surface area contributed by atoms with Gasteiger partial charge in [0.05, 0.1) is 12.7 Å². The van der Waals surface area contributed by atoms with Gasteiger partial charge < -0.3 is 19.5 Å². The molecule has 6 nitrogen and oxygen atoms in total. The van der Waals surface area contributed by atoms with E-state index >= 15 is 0 Å². The Hall–Kier alpha value is -3.38. The van der Waals surface area contributed by atoms with Gasteiger partial charge in [0.25, 0.3) is 11.8 Å². The van der Waals surface area contributed by atoms with Crippen molar-refractivity contribution in [2.45, 2.75) is 13.0 Å². The average molecular weight is 389 g/mol. The van der Waals surface area contributed by atoms with E-state index in [-0.39, 0.29) is 17.9 Å². The van der Waals surface area contributed by atoms with Crippen LogP contribution in [0.3, 0.4) is 0 Å². The standard InChI is InChI=1S/C23H23N3O3/c1-17-16-26(13-14-29-17)23(28)18-7-9-20(10-8-18)24-22(27)19-5-4-6-21(15-19)25-11-2-3-12-25/h2-12,15,17H,13-14,16H2,1H3,(H,24,27). The van der Waals surface area contributed by atoms with E-state index in [4.69, 9.17) is 4.74 Å². The van der Waals surface area contributed by atoms with Crippen molar-refractivity contribution in [1.29, 1.82) is 0 Å². The largest absolute Gasteiger partial charge is 0.375 e. The maximum absolute atomic E-state index is 12.6. The molecule has 0 spiro atoms. The normalized spacial score (nSPS) is 16.4. The molecule has 0 radical (unpaired) electrons. The molecule has 6 heteroatoms. The molecule has 1 atom stereocenters. The topological polar surface area (TPSA) is 63.6 Å². The predicted molar refractivity (Wildman–Crippen MR) is 111 cm³/mol. The molecule has 2 heterocycles. The van der Waals surface area contributed by atoms with Gasteiger partial charge in [0.1, 0.15) is 0 Å². The number of anilines is 1. The highest BCUT2D eigenvalue weighted by Crippen LogP contribution is 2.16. The molecular formula is C23H23N3O3. The van der Waals surface area contributed by atoms with Crippen LogP contribution in [0.5, 0.6) is 0 Å². The summed E-state index contributed by atoms with van der Waals surface area (Å²) in [7, 11) is 0. The minimum atomic E-state index is -0.194. The Morgan fingerprint density at radius 2 is 1.76 bits per heavy atom. The van der Waals surface area contributed by atoms with E-state index in [1.807, 2.05) is 54.2 Å². The van der Waals surface area contributed by atoms with Crippen LogP contribution in [-0.4, -0.2) is 47.1 Å². The van der Waals surface area contributed by atoms with E-state index in [1.165, 1.54) is 0 Å². The maximum Gasteiger partial charge on any atom is 0.255 e. The molecule has 4 rings (SSSR count). The van der Waals surface area contributed by atoms with Crippen molar-refractivity contribution in [1.82, 2.24) is 9.47 Å². The van der Waals surface area contributed by atoms with Gasteiger partial charge in [-0.25, -0.2) is 0 Å². The summed E-state index contributed by atoms with van der Waals surface area (Å²) in [6, 6.07) is 18.3. The Bertz CT molecular complexity index is 996. The Labute approximate surface area is 169 Å². The maximum atomic E-state index is 12.6. The third-order valence-electron chi connectivity index (χ3n) is 4.93. The number of hydrogen-bond acceptors (Lipinski definition) is 3. The van der Waals surface area contributed by atoms with Crippen LogP contribution in [0.15, 0.2) is 73.1 Å². The summed E-state index contributed by atoms with van der Waals surface area (Å²) < 4.78 is 7.44. The molecule has 1 aromatic heterocycles. The molecule has 2 amide bonds. The first-order valence-electron chi connectivity index (χ1n) is 9.66. The van der Waals surface area contributed by atoms with Crippen LogP contribution in [0.25, 0.3) is 5.69 Å². The van der Waals surface area contributed by atoms with Gasteiger partial charge in [-0.2, -0.15) is 0 Å². The summed E-state index contributed by atoms with van der Waals surface area (Å²) in [5.41, 5.74) is 2.74. The molecule has 1 aliphatic heterocycles. The summed E-state index contributed by atoms with van der Waals surface area (Å²) in [4.78, 5) is 27.1. The SMILES string of the molecule is CC1CN(C(=O)c2ccc(NC(=O)c3cccc(-n4cccc4)c3)cc2)CCO1. The van der Waals surface area contributed by atoms with Crippen LogP contribution in [0.4, 0.5) is 5.69 Å². The summed E-state index contributed by atoms with van der Waals surface area (Å²) in [6.45, 7) is 3.71. The van der Waals surface area contributed by atoms with Crippen molar-refractivity contribution in [3.05, 3.63) is 84.2 Å². The predicted octanol–water partition coefficient (Wildman–Crippen LogP) is 3.59. The lowest BCUT2D eigenvalue weighted by molar-refractivity contribution is -0.0124. The number of nitrogens with one attached hydrogen (secondary N) is 1. The van der Waals surface area contributed by atoms with E-state index < -0.39 is 0 Å². The van der Waals surface area contributed by atoms with Gasteiger partial charge in [-0.05, 0) is 61.5 Å². The van der Waals surface area contributed by atoms with Crippen LogP contribution in [0.2, 0.25) is 0 Å². The lowest BCUT2D eigenvalue weighted by Gasteiger charge is -2.31. The second kappa shape index (κ2) is 8.32. The number of amides is 2. The van der Waals surface area contributed by atoms with Crippen LogP contribution in [0, 0.1) is 0 Å². The zero-order chi connectivity index (χ0) is 20.2. The van der Waals surface area contributed by atoms with Crippen LogP contribution in [-0.2, 0) is 4.74 Å². The zero-order valence-corrected chi connectivity index (χ0v) is 16.2. The van der Waals surface area contributed by atoms with Crippen LogP contribution < -0.4 is 5.32 Å². The molecular weight excluding hydrogens is 366 g/mol. The second-order valence-corrected chi connectivity index (χ2v) is 7.10. The number of morpholine rings is 1. The van der Waals surface area contributed by atoms with Gasteiger partial charge in [0.15, 0.2) is 0 Å². The van der Waals surface area contributed by atoms with Gasteiger partial charge in [-0.3, -0.25) is 9.59 Å². The van der Waals surface area contributed by atoms with Crippen LogP contribution in [0.1, 0.15) is 27.6 Å². The Morgan fingerprint density at radius 3 is 2.48 bits per heavy atom. The fraction of sp³-hybridized carbons (Fsp3) is 0.217. The van der Waals surface area contributed by atoms with Crippen molar-refractivity contribution in [2.75, 3.05) is 25.0 Å². The summed E-state index contributed by atoms with van der Waals surface area (Å²) in [5, 5.41) is 2.89. The highest BCUT2D eigenvalue weighted by Gasteiger charge is 2.22. The van der Waals surface area contributed by atoms with E-state index in [9.17, 15) is 9.59 Å². The second-order valence-electron chi connectivity index (χ2n) is 7.10. The van der Waals surface area contributed by atoms with Crippen molar-refractivity contribution in [2.24, 2.45) is 0 Å². The molecule has 2 aromatic carbocycles. The summed E-state index contributed by atoms with van der Waals surface area (Å²) >= 11 is 0. The number of hydrogen-bond donors (Lipinski definition) is 1. The molecule has 0 aliphatic carbocycles. The monoisotopic (exact) mass is 389 g/mol. The molecule has 1 aliphatic rings. The first-order valence-corrected chi connectivity index (χ1v) is 9.66. The first kappa shape index (κ1) is 19.0. The highest BCUT2D eigenvalue weighted by atomic mass is 16.5. The van der Waals surface area contributed by atoms with Crippen molar-refractivity contribution >= 4 is 17.5 Å². The number of benzene rings is 2. The number of aromatic nitrogens is 1. The lowest BCUT2D eigenvalue weighted by atomic mass is 10.1. The van der Waals surface area contributed by atoms with Gasteiger partial charge in [-0.15, -0.1) is 0 Å². The lowest BCUT2D eigenvalue weighted by Crippen LogP contribution is -2.44. The highest BCUT2D eigenvalue weighted by molar-refractivity contribution is 6.05. The molecule has 0 bridgehead atoms. The third kappa shape index (κ3) is 4.38. The molecule has 1 fully saturated rings. The number of carbonyl (C=O) groups is 2. The number of carbonyl (C=O) groups excluding carboxylic acids is 2. The molecule has 1 unspecified atom stereocenters. The van der Waals surface area contributed by atoms with Crippen molar-refractivity contribution in [3.8, 4) is 5.69 Å². The zero-order valence-electron chi connectivity index (χ0n) is 16.2. The first-order chi connectivity index (χ1) is 14.1. The number of nitrogens with zero attached hydrogens (tertiary/aromatic N) is 2. The van der Waals surface area contributed by atoms with Gasteiger partial charge in [0.2, 0.25) is 0 Å². The van der Waals surface area contributed by atoms with E-state index in [0.717, 1.165) is 5.69 Å². The van der Waals surface area contributed by atoms with E-state index in [0.29, 0.717) is 36.5 Å². The fourth-order valence-corrected chi connectivity index (χ4v) is 3.40. The minimum Gasteiger partial charge on any atom is -0.375 e. The van der Waals surface area contributed by atoms with Crippen molar-refractivity contribution < 1.29 is 14.3 Å². The Morgan fingerprint density at radius 1 is 1.00 bits per heavy atom. The molecule has 0 saturated carbocycles. The molecule has 29 heavy (non-hydrogen) atoms. The smallest absolute Gasteiger partial charge is 0.255 e. The fourth-order valence-electron chi connectivity index (χ4n) is 3.40. The summed E-state index contributed by atoms with van der Waals surface area (Å²) in [6.07, 6.45) is 3.91. The van der Waals surface area contributed by atoms with E-state index in [2.05, 4.69) is 5.32 Å². The van der Waals surface area contributed by atoms with Crippen LogP contribution >= 0.6 is 0 Å². The Balaban J connectivity index is 1.43. The number of rotatable bonds is 4. The molecule has 148 valence electrons. The van der Waals surface area contributed by atoms with Crippen molar-refractivity contribution in [3.63, 3.8) is 0 Å². The number of ether oxygens (including phenoxy) is 1. The molecule has 1 saturated heterocycles. The Kier molecular flexibility index (Phi) is 5.44. The van der Waals surface area contributed by atoms with E-state index in [1.54, 1.807) is 35.2 Å². The van der Waals surface area contributed by atoms with Gasteiger partial charge in [-0.1, -0.05) is 6.07 Å². The average Bonchev–Trinajstić information content (AvgIpc) is 3.29. The molecule has 3 aromatic rings. The van der Waals surface area contributed by atoms with Gasteiger partial charge >= 0.3 is 0 Å². The third-order valence-corrected chi connectivity index (χ3v) is 4.93. The quantitative estimate of drug-likeness (QED) is 0.742.